The highest BCUT2D eigenvalue weighted by Crippen LogP contribution is 2.17. The summed E-state index contributed by atoms with van der Waals surface area (Å²) in [7, 11) is 0. The Kier molecular flexibility index (Phi) is 51.3. The summed E-state index contributed by atoms with van der Waals surface area (Å²) in [6.07, 6.45) is 72.9. The summed E-state index contributed by atoms with van der Waals surface area (Å²) < 4.78 is 0. The Hall–Kier alpha value is -1.65. The monoisotopic (exact) mass is 854 g/mol. The first-order chi connectivity index (χ1) is 30.2. The summed E-state index contributed by atoms with van der Waals surface area (Å²) in [5.41, 5.74) is 0. The van der Waals surface area contributed by atoms with Crippen LogP contribution in [0.1, 0.15) is 290 Å². The number of nitrogens with one attached hydrogen (secondary N) is 1. The zero-order valence-electron chi connectivity index (χ0n) is 41.2. The molecule has 0 rings (SSSR count). The Morgan fingerprint density at radius 2 is 0.672 bits per heavy atom. The first kappa shape index (κ1) is 59.4. The van der Waals surface area contributed by atoms with Crippen LogP contribution in [0, 0.1) is 0 Å². The van der Waals surface area contributed by atoms with E-state index in [1.807, 2.05) is 6.08 Å². The van der Waals surface area contributed by atoms with E-state index in [4.69, 9.17) is 0 Å². The number of aliphatic hydroxyl groups excluding tert-OH is 2. The van der Waals surface area contributed by atoms with Crippen LogP contribution in [0.5, 0.6) is 0 Å². The molecule has 0 aliphatic heterocycles. The second kappa shape index (κ2) is 52.7. The van der Waals surface area contributed by atoms with Crippen molar-refractivity contribution >= 4 is 5.91 Å². The zero-order valence-corrected chi connectivity index (χ0v) is 41.2. The van der Waals surface area contributed by atoms with Gasteiger partial charge in [-0.15, -0.1) is 0 Å². The number of hydrogen-bond acceptors (Lipinski definition) is 3. The van der Waals surface area contributed by atoms with Gasteiger partial charge in [0.2, 0.25) is 5.91 Å². The minimum Gasteiger partial charge on any atom is -0.394 e. The highest BCUT2D eigenvalue weighted by Gasteiger charge is 2.18. The number of hydrogen-bond donors (Lipinski definition) is 3. The number of rotatable bonds is 50. The van der Waals surface area contributed by atoms with Crippen LogP contribution in [0.4, 0.5) is 0 Å². The molecule has 0 aliphatic rings. The molecule has 0 aromatic rings. The third-order valence-corrected chi connectivity index (χ3v) is 12.6. The standard InChI is InChI=1S/C57H107NO3/c1-3-5-7-9-11-13-15-16-17-18-19-20-21-22-23-24-25-26-27-28-29-30-31-32-33-34-35-36-37-38-39-40-41-42-43-45-47-49-51-53-57(61)58-55(54-59)56(60)52-50-48-46-44-14-12-10-8-6-4-2/h15-16,18-19,21-22,50,52,55-56,59-60H,3-14,17,20,23-49,51,53-54H2,1-2H3,(H,58,61)/b16-15-,19-18-,22-21-,52-50+. The second-order valence-electron chi connectivity index (χ2n) is 18.7. The maximum Gasteiger partial charge on any atom is 0.220 e. The van der Waals surface area contributed by atoms with Gasteiger partial charge in [-0.2, -0.15) is 0 Å². The molecule has 0 aromatic heterocycles. The highest BCUT2D eigenvalue weighted by molar-refractivity contribution is 5.76. The van der Waals surface area contributed by atoms with Crippen LogP contribution in [0.2, 0.25) is 0 Å². The van der Waals surface area contributed by atoms with E-state index in [9.17, 15) is 15.0 Å². The molecule has 3 N–H and O–H groups in total. The maximum atomic E-state index is 12.4. The van der Waals surface area contributed by atoms with Crippen LogP contribution in [0.25, 0.3) is 0 Å². The molecule has 2 unspecified atom stereocenters. The summed E-state index contributed by atoms with van der Waals surface area (Å²) in [6, 6.07) is -0.618. The lowest BCUT2D eigenvalue weighted by Crippen LogP contribution is -2.45. The van der Waals surface area contributed by atoms with Crippen LogP contribution in [-0.4, -0.2) is 34.9 Å². The fourth-order valence-corrected chi connectivity index (χ4v) is 8.36. The van der Waals surface area contributed by atoms with Crippen molar-refractivity contribution in [2.75, 3.05) is 6.61 Å². The first-order valence-corrected chi connectivity index (χ1v) is 27.4. The summed E-state index contributed by atoms with van der Waals surface area (Å²) in [5, 5.41) is 23.0. The van der Waals surface area contributed by atoms with Crippen molar-refractivity contribution in [3.8, 4) is 0 Å². The van der Waals surface area contributed by atoms with Crippen LogP contribution in [0.15, 0.2) is 48.6 Å². The van der Waals surface area contributed by atoms with Crippen molar-refractivity contribution in [2.45, 2.75) is 302 Å². The van der Waals surface area contributed by atoms with Crippen molar-refractivity contribution in [3.63, 3.8) is 0 Å². The van der Waals surface area contributed by atoms with Gasteiger partial charge >= 0.3 is 0 Å². The quantitative estimate of drug-likeness (QED) is 0.0422. The van der Waals surface area contributed by atoms with E-state index in [1.54, 1.807) is 6.08 Å². The number of carbonyl (C=O) groups is 1. The predicted octanol–water partition coefficient (Wildman–Crippen LogP) is 17.9. The van der Waals surface area contributed by atoms with Crippen molar-refractivity contribution < 1.29 is 15.0 Å². The fourth-order valence-electron chi connectivity index (χ4n) is 8.36. The van der Waals surface area contributed by atoms with Gasteiger partial charge in [-0.3, -0.25) is 4.79 Å². The number of amides is 1. The zero-order chi connectivity index (χ0) is 44.2. The van der Waals surface area contributed by atoms with Gasteiger partial charge in [0.25, 0.3) is 0 Å². The molecule has 0 saturated heterocycles. The average molecular weight is 854 g/mol. The first-order valence-electron chi connectivity index (χ1n) is 27.4. The number of unbranched alkanes of at least 4 members (excludes halogenated alkanes) is 37. The lowest BCUT2D eigenvalue weighted by molar-refractivity contribution is -0.123. The highest BCUT2D eigenvalue weighted by atomic mass is 16.3. The Morgan fingerprint density at radius 1 is 0.393 bits per heavy atom. The Bertz CT molecular complexity index is 970. The SMILES string of the molecule is CCCCCCC/C=C\C/C=C\C/C=C\CCCCCCCCCCCCCCCCCCCCCCCCCCC(=O)NC(CO)C(O)/C=C/CCCCCCCCCC. The van der Waals surface area contributed by atoms with Crippen molar-refractivity contribution in [3.05, 3.63) is 48.6 Å². The van der Waals surface area contributed by atoms with E-state index in [2.05, 4.69) is 55.6 Å². The molecule has 1 amide bonds. The average Bonchev–Trinajstić information content (AvgIpc) is 3.26. The Balaban J connectivity index is 3.37. The smallest absolute Gasteiger partial charge is 0.220 e. The molecule has 0 radical (unpaired) electrons. The summed E-state index contributed by atoms with van der Waals surface area (Å²) in [5.74, 6) is -0.0622. The number of allylic oxidation sites excluding steroid dienone is 7. The van der Waals surface area contributed by atoms with Crippen molar-refractivity contribution in [1.29, 1.82) is 0 Å². The van der Waals surface area contributed by atoms with Crippen LogP contribution in [-0.2, 0) is 4.79 Å². The Labute approximate surface area is 382 Å². The van der Waals surface area contributed by atoms with Gasteiger partial charge in [-0.05, 0) is 57.8 Å². The second-order valence-corrected chi connectivity index (χ2v) is 18.7. The molecule has 0 fully saturated rings. The molecule has 4 heteroatoms. The van der Waals surface area contributed by atoms with Gasteiger partial charge in [0.1, 0.15) is 0 Å². The molecule has 0 bridgehead atoms. The lowest BCUT2D eigenvalue weighted by atomic mass is 10.0. The molecule has 0 heterocycles. The van der Waals surface area contributed by atoms with E-state index in [0.717, 1.165) is 38.5 Å². The molecule has 61 heavy (non-hydrogen) atoms. The molecular weight excluding hydrogens is 747 g/mol. The van der Waals surface area contributed by atoms with Crippen LogP contribution >= 0.6 is 0 Å². The summed E-state index contributed by atoms with van der Waals surface area (Å²) in [4.78, 5) is 12.4. The van der Waals surface area contributed by atoms with E-state index >= 15 is 0 Å². The van der Waals surface area contributed by atoms with Gasteiger partial charge in [0.05, 0.1) is 18.8 Å². The van der Waals surface area contributed by atoms with E-state index in [1.165, 1.54) is 231 Å². The molecule has 0 aliphatic carbocycles. The van der Waals surface area contributed by atoms with Gasteiger partial charge in [-0.25, -0.2) is 0 Å². The Morgan fingerprint density at radius 3 is 1.00 bits per heavy atom. The maximum absolute atomic E-state index is 12.4. The molecule has 0 spiro atoms. The fraction of sp³-hybridized carbons (Fsp3) is 0.842. The molecule has 0 saturated carbocycles. The number of carbonyl (C=O) groups excluding carboxylic acids is 1. The molecule has 2 atom stereocenters. The van der Waals surface area contributed by atoms with E-state index in [0.29, 0.717) is 6.42 Å². The van der Waals surface area contributed by atoms with E-state index < -0.39 is 12.1 Å². The van der Waals surface area contributed by atoms with Gasteiger partial charge in [0.15, 0.2) is 0 Å². The minimum absolute atomic E-state index is 0.0622. The molecule has 4 nitrogen and oxygen atoms in total. The molecule has 358 valence electrons. The predicted molar refractivity (Wildman–Crippen MR) is 271 cm³/mol. The lowest BCUT2D eigenvalue weighted by Gasteiger charge is -2.20. The van der Waals surface area contributed by atoms with Crippen LogP contribution in [0.3, 0.4) is 0 Å². The molecular formula is C57H107NO3. The van der Waals surface area contributed by atoms with E-state index in [-0.39, 0.29) is 12.5 Å². The summed E-state index contributed by atoms with van der Waals surface area (Å²) in [6.45, 7) is 4.29. The van der Waals surface area contributed by atoms with Gasteiger partial charge in [-0.1, -0.05) is 274 Å². The third-order valence-electron chi connectivity index (χ3n) is 12.6. The van der Waals surface area contributed by atoms with Crippen molar-refractivity contribution in [1.82, 2.24) is 5.32 Å². The number of aliphatic hydroxyl groups is 2. The van der Waals surface area contributed by atoms with Gasteiger partial charge in [0, 0.05) is 6.42 Å². The van der Waals surface area contributed by atoms with Crippen LogP contribution < -0.4 is 5.32 Å². The molecule has 0 aromatic carbocycles. The normalized spacial score (nSPS) is 13.2. The third kappa shape index (κ3) is 49.2. The van der Waals surface area contributed by atoms with Crippen molar-refractivity contribution in [2.24, 2.45) is 0 Å². The van der Waals surface area contributed by atoms with Gasteiger partial charge < -0.3 is 15.5 Å². The topological polar surface area (TPSA) is 69.6 Å². The summed E-state index contributed by atoms with van der Waals surface area (Å²) >= 11 is 0. The minimum atomic E-state index is -0.835. The largest absolute Gasteiger partial charge is 0.394 e.